The van der Waals surface area contributed by atoms with Crippen LogP contribution in [0.3, 0.4) is 0 Å². The van der Waals surface area contributed by atoms with Gasteiger partial charge in [-0.1, -0.05) is 11.8 Å². The Balaban J connectivity index is 2.08. The van der Waals surface area contributed by atoms with E-state index in [9.17, 15) is 0 Å². The number of nitriles is 1. The van der Waals surface area contributed by atoms with Crippen molar-refractivity contribution in [1.29, 1.82) is 5.26 Å². The molecule has 1 atom stereocenters. The van der Waals surface area contributed by atoms with Crippen LogP contribution in [0.2, 0.25) is 0 Å². The summed E-state index contributed by atoms with van der Waals surface area (Å²) in [6, 6.07) is 3.99. The number of rotatable bonds is 3. The predicted octanol–water partition coefficient (Wildman–Crippen LogP) is 1.82. The Morgan fingerprint density at radius 3 is 3.10 bits per heavy atom. The molecule has 20 heavy (non-hydrogen) atoms. The molecule has 3 rings (SSSR count). The Bertz CT molecular complexity index is 678. The molecule has 1 unspecified atom stereocenters. The van der Waals surface area contributed by atoms with Crippen LogP contribution in [0.1, 0.15) is 12.1 Å². The van der Waals surface area contributed by atoms with E-state index in [1.54, 1.807) is 12.3 Å². The molecule has 102 valence electrons. The fourth-order valence-corrected chi connectivity index (χ4v) is 2.46. The van der Waals surface area contributed by atoms with E-state index in [2.05, 4.69) is 26.3 Å². The van der Waals surface area contributed by atoms with Crippen LogP contribution in [0.15, 0.2) is 17.4 Å². The molecule has 1 fully saturated rings. The van der Waals surface area contributed by atoms with Crippen LogP contribution >= 0.6 is 11.8 Å². The molecule has 1 saturated heterocycles. The van der Waals surface area contributed by atoms with Gasteiger partial charge in [0.05, 0.1) is 12.6 Å². The van der Waals surface area contributed by atoms with Gasteiger partial charge in [-0.25, -0.2) is 15.0 Å². The molecule has 1 aliphatic heterocycles. The van der Waals surface area contributed by atoms with Crippen molar-refractivity contribution in [3.8, 4) is 6.07 Å². The van der Waals surface area contributed by atoms with Crippen molar-refractivity contribution < 1.29 is 4.74 Å². The molecular weight excluding hydrogens is 274 g/mol. The van der Waals surface area contributed by atoms with Gasteiger partial charge in [-0.3, -0.25) is 0 Å². The maximum absolute atomic E-state index is 9.07. The number of anilines is 1. The molecule has 6 nitrogen and oxygen atoms in total. The molecular formula is C13H13N5OS. The van der Waals surface area contributed by atoms with Crippen molar-refractivity contribution in [3.05, 3.63) is 18.0 Å². The summed E-state index contributed by atoms with van der Waals surface area (Å²) < 4.78 is 5.35. The third kappa shape index (κ3) is 2.53. The van der Waals surface area contributed by atoms with E-state index in [1.165, 1.54) is 11.8 Å². The smallest absolute Gasteiger partial charge is 0.187 e. The Kier molecular flexibility index (Phi) is 3.67. The zero-order chi connectivity index (χ0) is 13.9. The molecule has 0 aromatic carbocycles. The number of nitrogens with one attached hydrogen (secondary N) is 1. The lowest BCUT2D eigenvalue weighted by molar-refractivity contribution is 0.195. The standard InChI is InChI=1S/C13H13N5OS/c1-20-13-15-6-8-4-10(5-14)17-12(11(8)18-13)16-9-2-3-19-7-9/h4,6,9H,2-3,7H2,1H3,(H,16,17). The first-order valence-corrected chi connectivity index (χ1v) is 7.49. The van der Waals surface area contributed by atoms with Crippen LogP contribution in [0.5, 0.6) is 0 Å². The van der Waals surface area contributed by atoms with Gasteiger partial charge in [-0.15, -0.1) is 0 Å². The molecule has 3 heterocycles. The lowest BCUT2D eigenvalue weighted by atomic mass is 10.2. The molecule has 0 bridgehead atoms. The highest BCUT2D eigenvalue weighted by Crippen LogP contribution is 2.24. The Morgan fingerprint density at radius 2 is 2.40 bits per heavy atom. The van der Waals surface area contributed by atoms with Gasteiger partial charge in [-0.2, -0.15) is 5.26 Å². The van der Waals surface area contributed by atoms with Crippen molar-refractivity contribution in [2.45, 2.75) is 17.6 Å². The lowest BCUT2D eigenvalue weighted by Crippen LogP contribution is -2.20. The average Bonchev–Trinajstić information content (AvgIpc) is 2.99. The number of hydrogen-bond donors (Lipinski definition) is 1. The minimum Gasteiger partial charge on any atom is -0.379 e. The van der Waals surface area contributed by atoms with E-state index in [-0.39, 0.29) is 6.04 Å². The van der Waals surface area contributed by atoms with Gasteiger partial charge in [-0.05, 0) is 18.7 Å². The Hall–Kier alpha value is -1.91. The quantitative estimate of drug-likeness (QED) is 0.681. The topological polar surface area (TPSA) is 83.7 Å². The summed E-state index contributed by atoms with van der Waals surface area (Å²) in [7, 11) is 0. The molecule has 0 aliphatic carbocycles. The summed E-state index contributed by atoms with van der Waals surface area (Å²) in [6.45, 7) is 1.40. The Morgan fingerprint density at radius 1 is 1.50 bits per heavy atom. The zero-order valence-electron chi connectivity index (χ0n) is 11.0. The highest BCUT2D eigenvalue weighted by molar-refractivity contribution is 7.98. The first-order chi connectivity index (χ1) is 9.80. The van der Waals surface area contributed by atoms with E-state index in [0.29, 0.717) is 23.3 Å². The second-order valence-corrected chi connectivity index (χ2v) is 5.24. The van der Waals surface area contributed by atoms with Crippen LogP contribution < -0.4 is 5.32 Å². The molecule has 1 aliphatic rings. The van der Waals surface area contributed by atoms with Gasteiger partial charge in [0.2, 0.25) is 0 Å². The number of hydrogen-bond acceptors (Lipinski definition) is 7. The van der Waals surface area contributed by atoms with Crippen molar-refractivity contribution in [3.63, 3.8) is 0 Å². The monoisotopic (exact) mass is 287 g/mol. The second kappa shape index (κ2) is 5.61. The predicted molar refractivity (Wildman–Crippen MR) is 76.7 cm³/mol. The van der Waals surface area contributed by atoms with Gasteiger partial charge >= 0.3 is 0 Å². The Labute approximate surface area is 120 Å². The number of pyridine rings is 1. The summed E-state index contributed by atoms with van der Waals surface area (Å²) in [4.78, 5) is 13.1. The van der Waals surface area contributed by atoms with Crippen molar-refractivity contribution >= 4 is 28.5 Å². The normalized spacial score (nSPS) is 18.1. The third-order valence-corrected chi connectivity index (χ3v) is 3.67. The summed E-state index contributed by atoms with van der Waals surface area (Å²) in [5.41, 5.74) is 1.11. The first kappa shape index (κ1) is 13.1. The summed E-state index contributed by atoms with van der Waals surface area (Å²) in [6.07, 6.45) is 4.59. The summed E-state index contributed by atoms with van der Waals surface area (Å²) >= 11 is 1.48. The van der Waals surface area contributed by atoms with Gasteiger partial charge < -0.3 is 10.1 Å². The molecule has 7 heteroatoms. The van der Waals surface area contributed by atoms with Crippen molar-refractivity contribution in [2.24, 2.45) is 0 Å². The van der Waals surface area contributed by atoms with E-state index < -0.39 is 0 Å². The van der Waals surface area contributed by atoms with E-state index in [1.807, 2.05) is 6.26 Å². The molecule has 1 N–H and O–H groups in total. The number of ether oxygens (including phenoxy) is 1. The molecule has 2 aromatic heterocycles. The fourth-order valence-electron chi connectivity index (χ4n) is 2.12. The van der Waals surface area contributed by atoms with Crippen molar-refractivity contribution in [2.75, 3.05) is 24.8 Å². The fraction of sp³-hybridized carbons (Fsp3) is 0.385. The van der Waals surface area contributed by atoms with Crippen LogP contribution in [-0.2, 0) is 4.74 Å². The highest BCUT2D eigenvalue weighted by Gasteiger charge is 2.18. The highest BCUT2D eigenvalue weighted by atomic mass is 32.2. The zero-order valence-corrected chi connectivity index (χ0v) is 11.8. The lowest BCUT2D eigenvalue weighted by Gasteiger charge is -2.13. The maximum atomic E-state index is 9.07. The molecule has 0 radical (unpaired) electrons. The van der Waals surface area contributed by atoms with E-state index in [4.69, 9.17) is 10.00 Å². The molecule has 0 amide bonds. The number of thioether (sulfide) groups is 1. The third-order valence-electron chi connectivity index (χ3n) is 3.11. The molecule has 2 aromatic rings. The average molecular weight is 287 g/mol. The number of aromatic nitrogens is 3. The minimum atomic E-state index is 0.215. The summed E-state index contributed by atoms with van der Waals surface area (Å²) in [5.74, 6) is 0.632. The van der Waals surface area contributed by atoms with Gasteiger partial charge in [0.15, 0.2) is 11.0 Å². The van der Waals surface area contributed by atoms with Crippen LogP contribution in [0, 0.1) is 11.3 Å². The van der Waals surface area contributed by atoms with E-state index in [0.717, 1.165) is 23.9 Å². The van der Waals surface area contributed by atoms with E-state index >= 15 is 0 Å². The number of fused-ring (bicyclic) bond motifs is 1. The van der Waals surface area contributed by atoms with Gasteiger partial charge in [0, 0.05) is 18.2 Å². The molecule has 0 spiro atoms. The van der Waals surface area contributed by atoms with Crippen LogP contribution in [0.25, 0.3) is 10.9 Å². The van der Waals surface area contributed by atoms with Gasteiger partial charge in [0.1, 0.15) is 17.3 Å². The van der Waals surface area contributed by atoms with Crippen molar-refractivity contribution in [1.82, 2.24) is 15.0 Å². The number of nitrogens with zero attached hydrogens (tertiary/aromatic N) is 4. The second-order valence-electron chi connectivity index (χ2n) is 4.47. The summed E-state index contributed by atoms with van der Waals surface area (Å²) in [5, 5.41) is 13.9. The largest absolute Gasteiger partial charge is 0.379 e. The maximum Gasteiger partial charge on any atom is 0.187 e. The first-order valence-electron chi connectivity index (χ1n) is 6.26. The molecule has 0 saturated carbocycles. The SMILES string of the molecule is CSc1ncc2cc(C#N)nc(NC3CCOC3)c2n1. The minimum absolute atomic E-state index is 0.215. The van der Waals surface area contributed by atoms with Crippen LogP contribution in [-0.4, -0.2) is 40.5 Å². The van der Waals surface area contributed by atoms with Gasteiger partial charge in [0.25, 0.3) is 0 Å². The van der Waals surface area contributed by atoms with Crippen LogP contribution in [0.4, 0.5) is 5.82 Å².